The third-order valence-corrected chi connectivity index (χ3v) is 6.98. The molecule has 9 heteroatoms. The van der Waals surface area contributed by atoms with Crippen LogP contribution in [0.5, 0.6) is 5.75 Å². The fourth-order valence-corrected chi connectivity index (χ4v) is 5.16. The van der Waals surface area contributed by atoms with Crippen molar-refractivity contribution in [2.45, 2.75) is 44.3 Å². The standard InChI is InChI=1S/C21H24N2O6S/c1-2-29-17-11-8-15(9-12-17)21(24)16-10-13-20(23(25)26)19(14-16)22-30(27,28)18-6-4-3-5-7-18/h8-14,18,22H,2-7H2,1H3. The number of sulfonamides is 1. The average molecular weight is 432 g/mol. The van der Waals surface area contributed by atoms with Gasteiger partial charge in [0.05, 0.1) is 16.8 Å². The van der Waals surface area contributed by atoms with E-state index in [0.717, 1.165) is 25.3 Å². The molecule has 0 aliphatic heterocycles. The molecule has 0 amide bonds. The van der Waals surface area contributed by atoms with Crippen molar-refractivity contribution < 1.29 is 22.9 Å². The zero-order valence-electron chi connectivity index (χ0n) is 16.7. The van der Waals surface area contributed by atoms with E-state index in [2.05, 4.69) is 4.72 Å². The Hall–Kier alpha value is -2.94. The van der Waals surface area contributed by atoms with Crippen LogP contribution in [0.3, 0.4) is 0 Å². The highest BCUT2D eigenvalue weighted by atomic mass is 32.2. The molecule has 0 radical (unpaired) electrons. The lowest BCUT2D eigenvalue weighted by Crippen LogP contribution is -2.30. The maximum absolute atomic E-state index is 12.8. The van der Waals surface area contributed by atoms with Crippen molar-refractivity contribution in [1.82, 2.24) is 0 Å². The van der Waals surface area contributed by atoms with Gasteiger partial charge in [0.15, 0.2) is 5.78 Å². The number of nitrogens with one attached hydrogen (secondary N) is 1. The van der Waals surface area contributed by atoms with E-state index in [9.17, 15) is 23.3 Å². The molecule has 1 N–H and O–H groups in total. The van der Waals surface area contributed by atoms with Gasteiger partial charge in [-0.2, -0.15) is 0 Å². The Morgan fingerprint density at radius 1 is 1.10 bits per heavy atom. The second-order valence-electron chi connectivity index (χ2n) is 7.18. The first-order valence-corrected chi connectivity index (χ1v) is 11.4. The molecule has 0 aromatic heterocycles. The van der Waals surface area contributed by atoms with Crippen LogP contribution in [0.4, 0.5) is 11.4 Å². The van der Waals surface area contributed by atoms with E-state index < -0.39 is 25.9 Å². The van der Waals surface area contributed by atoms with Crippen LogP contribution in [0.2, 0.25) is 0 Å². The zero-order chi connectivity index (χ0) is 21.7. The van der Waals surface area contributed by atoms with Gasteiger partial charge >= 0.3 is 0 Å². The average Bonchev–Trinajstić information content (AvgIpc) is 2.74. The Balaban J connectivity index is 1.90. The molecular weight excluding hydrogens is 408 g/mol. The third kappa shape index (κ3) is 4.96. The summed E-state index contributed by atoms with van der Waals surface area (Å²) in [6.45, 7) is 2.35. The summed E-state index contributed by atoms with van der Waals surface area (Å²) < 4.78 is 33.2. The summed E-state index contributed by atoms with van der Waals surface area (Å²) in [6.07, 6.45) is 3.65. The number of rotatable bonds is 8. The normalized spacial score (nSPS) is 14.8. The predicted octanol–water partition coefficient (Wildman–Crippen LogP) is 4.30. The minimum atomic E-state index is -3.79. The number of nitro groups is 1. The summed E-state index contributed by atoms with van der Waals surface area (Å²) in [6, 6.07) is 10.2. The molecule has 1 saturated carbocycles. The molecule has 160 valence electrons. The van der Waals surface area contributed by atoms with E-state index in [-0.39, 0.29) is 17.0 Å². The number of ketones is 1. The first-order chi connectivity index (χ1) is 14.3. The first kappa shape index (κ1) is 21.8. The van der Waals surface area contributed by atoms with Crippen molar-refractivity contribution in [3.63, 3.8) is 0 Å². The van der Waals surface area contributed by atoms with E-state index >= 15 is 0 Å². The van der Waals surface area contributed by atoms with Crippen molar-refractivity contribution in [2.24, 2.45) is 0 Å². The van der Waals surface area contributed by atoms with Gasteiger partial charge in [0.1, 0.15) is 11.4 Å². The lowest BCUT2D eigenvalue weighted by Gasteiger charge is -2.22. The highest BCUT2D eigenvalue weighted by Crippen LogP contribution is 2.31. The van der Waals surface area contributed by atoms with Crippen LogP contribution in [0.25, 0.3) is 0 Å². The van der Waals surface area contributed by atoms with Gasteiger partial charge in [0, 0.05) is 17.2 Å². The largest absolute Gasteiger partial charge is 0.494 e. The van der Waals surface area contributed by atoms with Crippen LogP contribution in [0.1, 0.15) is 54.9 Å². The Morgan fingerprint density at radius 2 is 1.73 bits per heavy atom. The summed E-state index contributed by atoms with van der Waals surface area (Å²) >= 11 is 0. The fraction of sp³-hybridized carbons (Fsp3) is 0.381. The highest BCUT2D eigenvalue weighted by molar-refractivity contribution is 7.93. The van der Waals surface area contributed by atoms with Crippen molar-refractivity contribution in [3.05, 3.63) is 63.7 Å². The van der Waals surface area contributed by atoms with Gasteiger partial charge in [0.25, 0.3) is 5.69 Å². The fourth-order valence-electron chi connectivity index (χ4n) is 3.57. The molecule has 0 atom stereocenters. The molecule has 0 bridgehead atoms. The van der Waals surface area contributed by atoms with Crippen molar-refractivity contribution in [1.29, 1.82) is 0 Å². The summed E-state index contributed by atoms with van der Waals surface area (Å²) in [7, 11) is -3.79. The molecule has 1 aliphatic carbocycles. The molecule has 2 aromatic carbocycles. The quantitative estimate of drug-likeness (QED) is 0.378. The molecule has 2 aromatic rings. The third-order valence-electron chi connectivity index (χ3n) is 5.13. The number of hydrogen-bond acceptors (Lipinski definition) is 6. The van der Waals surface area contributed by atoms with Gasteiger partial charge in [-0.15, -0.1) is 0 Å². The Kier molecular flexibility index (Phi) is 6.71. The molecule has 0 saturated heterocycles. The second kappa shape index (κ2) is 9.25. The van der Waals surface area contributed by atoms with Gasteiger partial charge < -0.3 is 4.74 Å². The molecule has 1 fully saturated rings. The summed E-state index contributed by atoms with van der Waals surface area (Å²) in [4.78, 5) is 23.6. The number of nitro benzene ring substituents is 1. The van der Waals surface area contributed by atoms with Crippen LogP contribution in [-0.2, 0) is 10.0 Å². The maximum Gasteiger partial charge on any atom is 0.293 e. The minimum Gasteiger partial charge on any atom is -0.494 e. The Labute approximate surface area is 175 Å². The number of ether oxygens (including phenoxy) is 1. The monoisotopic (exact) mass is 432 g/mol. The number of carbonyl (C=O) groups is 1. The van der Waals surface area contributed by atoms with E-state index in [4.69, 9.17) is 4.74 Å². The maximum atomic E-state index is 12.8. The molecule has 30 heavy (non-hydrogen) atoms. The molecular formula is C21H24N2O6S. The Bertz CT molecular complexity index is 1030. The van der Waals surface area contributed by atoms with Gasteiger partial charge in [-0.3, -0.25) is 19.6 Å². The number of hydrogen-bond donors (Lipinski definition) is 1. The van der Waals surface area contributed by atoms with Crippen LogP contribution in [0, 0.1) is 10.1 Å². The summed E-state index contributed by atoms with van der Waals surface area (Å²) in [5.74, 6) is 0.254. The zero-order valence-corrected chi connectivity index (χ0v) is 17.5. The topological polar surface area (TPSA) is 116 Å². The first-order valence-electron chi connectivity index (χ1n) is 9.89. The highest BCUT2D eigenvalue weighted by Gasteiger charge is 2.30. The van der Waals surface area contributed by atoms with E-state index in [1.807, 2.05) is 6.92 Å². The van der Waals surface area contributed by atoms with Crippen LogP contribution >= 0.6 is 0 Å². The SMILES string of the molecule is CCOc1ccc(C(=O)c2ccc([N+](=O)[O-])c(NS(=O)(=O)C3CCCCC3)c2)cc1. The van der Waals surface area contributed by atoms with E-state index in [1.165, 1.54) is 12.1 Å². The van der Waals surface area contributed by atoms with Gasteiger partial charge in [0.2, 0.25) is 10.0 Å². The van der Waals surface area contributed by atoms with Crippen LogP contribution in [-0.4, -0.2) is 31.0 Å². The number of benzene rings is 2. The van der Waals surface area contributed by atoms with Crippen molar-refractivity contribution in [3.8, 4) is 5.75 Å². The van der Waals surface area contributed by atoms with Crippen molar-refractivity contribution in [2.75, 3.05) is 11.3 Å². The molecule has 3 rings (SSSR count). The molecule has 8 nitrogen and oxygen atoms in total. The number of anilines is 1. The summed E-state index contributed by atoms with van der Waals surface area (Å²) in [5, 5.41) is 10.8. The second-order valence-corrected chi connectivity index (χ2v) is 9.14. The molecule has 0 heterocycles. The Morgan fingerprint density at radius 3 is 2.33 bits per heavy atom. The predicted molar refractivity (Wildman–Crippen MR) is 114 cm³/mol. The number of carbonyl (C=O) groups excluding carboxylic acids is 1. The van der Waals surface area contributed by atoms with Crippen LogP contribution < -0.4 is 9.46 Å². The summed E-state index contributed by atoms with van der Waals surface area (Å²) in [5.41, 5.74) is -0.0560. The van der Waals surface area contributed by atoms with Gasteiger partial charge in [-0.1, -0.05) is 19.3 Å². The van der Waals surface area contributed by atoms with E-state index in [1.54, 1.807) is 24.3 Å². The minimum absolute atomic E-state index is 0.158. The van der Waals surface area contributed by atoms with E-state index in [0.29, 0.717) is 30.8 Å². The molecule has 0 unspecified atom stereocenters. The molecule has 0 spiro atoms. The van der Waals surface area contributed by atoms with Gasteiger partial charge in [-0.25, -0.2) is 8.42 Å². The lowest BCUT2D eigenvalue weighted by atomic mass is 10.0. The van der Waals surface area contributed by atoms with Gasteiger partial charge in [-0.05, 0) is 56.2 Å². The molecule has 1 aliphatic rings. The van der Waals surface area contributed by atoms with Crippen molar-refractivity contribution >= 4 is 27.2 Å². The number of nitrogens with zero attached hydrogens (tertiary/aromatic N) is 1. The van der Waals surface area contributed by atoms with Crippen LogP contribution in [0.15, 0.2) is 42.5 Å². The lowest BCUT2D eigenvalue weighted by molar-refractivity contribution is -0.383. The smallest absolute Gasteiger partial charge is 0.293 e.